The van der Waals surface area contributed by atoms with Crippen LogP contribution >= 0.6 is 0 Å². The quantitative estimate of drug-likeness (QED) is 0.535. The Kier molecular flexibility index (Phi) is 1.91. The van der Waals surface area contributed by atoms with Gasteiger partial charge in [0.2, 0.25) is 0 Å². The molecule has 0 atom stereocenters. The number of para-hydroxylation sites is 1. The highest BCUT2D eigenvalue weighted by molar-refractivity contribution is 5.24. The summed E-state index contributed by atoms with van der Waals surface area (Å²) in [5.41, 5.74) is 0. The second-order valence-corrected chi connectivity index (χ2v) is 1.65. The molecule has 2 heteroatoms. The highest BCUT2D eigenvalue weighted by atomic mass is 19.1. The van der Waals surface area contributed by atoms with Crippen LogP contribution in [0.1, 0.15) is 0 Å². The van der Waals surface area contributed by atoms with Gasteiger partial charge in [-0.1, -0.05) is 18.6 Å². The van der Waals surface area contributed by atoms with Crippen molar-refractivity contribution in [3.63, 3.8) is 0 Å². The Hall–Kier alpha value is -1.49. The van der Waals surface area contributed by atoms with Crippen molar-refractivity contribution in [2.75, 3.05) is 0 Å². The third-order valence-corrected chi connectivity index (χ3v) is 1.01. The van der Waals surface area contributed by atoms with Crippen molar-refractivity contribution in [2.24, 2.45) is 0 Å². The normalized spacial score (nSPS) is 8.40. The summed E-state index contributed by atoms with van der Waals surface area (Å²) in [5.74, 6) is -0.356. The third kappa shape index (κ3) is 1.26. The zero-order valence-electron chi connectivity index (χ0n) is 5.17. The molecule has 1 nitrogen and oxygen atoms in total. The number of halogens is 1. The first-order valence-electron chi connectivity index (χ1n) is 2.71. The Morgan fingerprint density at radius 2 is 2.10 bits per heavy atom. The van der Waals surface area contributed by atoms with E-state index in [-0.39, 0.29) is 5.75 Å². The average Bonchev–Trinajstić information content (AvgIpc) is 1.94. The Morgan fingerprint density at radius 3 is 2.70 bits per heavy atom. The van der Waals surface area contributed by atoms with Gasteiger partial charge in [-0.3, -0.25) is 0 Å². The van der Waals surface area contributed by atoms with Gasteiger partial charge in [0, 0.05) is 0 Å². The van der Waals surface area contributed by atoms with Crippen LogP contribution in [0.15, 0.2) is 24.3 Å². The van der Waals surface area contributed by atoms with Crippen molar-refractivity contribution in [3.8, 4) is 18.3 Å². The molecule has 0 unspecified atom stereocenters. The molecular weight excluding hydrogens is 131 g/mol. The van der Waals surface area contributed by atoms with Gasteiger partial charge in [-0.05, 0) is 12.1 Å². The first kappa shape index (κ1) is 6.63. The lowest BCUT2D eigenvalue weighted by Gasteiger charge is -1.95. The van der Waals surface area contributed by atoms with Gasteiger partial charge >= 0.3 is 0 Å². The van der Waals surface area contributed by atoms with E-state index >= 15 is 0 Å². The van der Waals surface area contributed by atoms with Crippen LogP contribution in [0.2, 0.25) is 0 Å². The van der Waals surface area contributed by atoms with E-state index in [9.17, 15) is 4.39 Å². The monoisotopic (exact) mass is 136 g/mol. The topological polar surface area (TPSA) is 9.23 Å². The molecule has 1 aromatic carbocycles. The number of hydrogen-bond acceptors (Lipinski definition) is 1. The molecule has 50 valence electrons. The van der Waals surface area contributed by atoms with Crippen molar-refractivity contribution in [2.45, 2.75) is 0 Å². The summed E-state index contributed by atoms with van der Waals surface area (Å²) in [7, 11) is 0. The summed E-state index contributed by atoms with van der Waals surface area (Å²) >= 11 is 0. The number of terminal acetylenes is 1. The zero-order valence-corrected chi connectivity index (χ0v) is 5.17. The molecular formula is C8H5FO. The molecule has 10 heavy (non-hydrogen) atoms. The molecule has 0 bridgehead atoms. The molecule has 0 radical (unpaired) electrons. The Labute approximate surface area is 58.4 Å². The lowest BCUT2D eigenvalue weighted by Crippen LogP contribution is -1.84. The van der Waals surface area contributed by atoms with Crippen LogP contribution < -0.4 is 4.74 Å². The number of hydrogen-bond donors (Lipinski definition) is 0. The summed E-state index contributed by atoms with van der Waals surface area (Å²) in [4.78, 5) is 0. The number of ether oxygens (including phenoxy) is 1. The highest BCUT2D eigenvalue weighted by Crippen LogP contribution is 2.14. The van der Waals surface area contributed by atoms with Gasteiger partial charge in [-0.15, -0.1) is 0 Å². The lowest BCUT2D eigenvalue weighted by atomic mass is 10.3. The highest BCUT2D eigenvalue weighted by Gasteiger charge is 1.97. The number of rotatable bonds is 1. The Balaban J connectivity index is 2.94. The largest absolute Gasteiger partial charge is 0.405 e. The van der Waals surface area contributed by atoms with Gasteiger partial charge in [-0.25, -0.2) is 4.39 Å². The second-order valence-electron chi connectivity index (χ2n) is 1.65. The van der Waals surface area contributed by atoms with Gasteiger partial charge in [0.25, 0.3) is 0 Å². The molecule has 0 saturated heterocycles. The molecule has 0 heterocycles. The van der Waals surface area contributed by atoms with Gasteiger partial charge in [0.05, 0.1) is 0 Å². The van der Waals surface area contributed by atoms with Gasteiger partial charge in [0.1, 0.15) is 6.11 Å². The maximum atomic E-state index is 12.6. The predicted molar refractivity (Wildman–Crippen MR) is 35.9 cm³/mol. The summed E-state index contributed by atoms with van der Waals surface area (Å²) in [6, 6.07) is 5.97. The minimum Gasteiger partial charge on any atom is -0.405 e. The van der Waals surface area contributed by atoms with E-state index in [2.05, 4.69) is 4.74 Å². The van der Waals surface area contributed by atoms with E-state index in [1.165, 1.54) is 12.1 Å². The van der Waals surface area contributed by atoms with Crippen molar-refractivity contribution in [1.82, 2.24) is 0 Å². The summed E-state index contributed by atoms with van der Waals surface area (Å²) in [6.45, 7) is 0. The van der Waals surface area contributed by atoms with E-state index in [1.54, 1.807) is 12.1 Å². The first-order valence-corrected chi connectivity index (χ1v) is 2.71. The molecule has 0 N–H and O–H groups in total. The van der Waals surface area contributed by atoms with Crippen LogP contribution in [0.4, 0.5) is 4.39 Å². The molecule has 0 aliphatic rings. The fourth-order valence-electron chi connectivity index (χ4n) is 0.591. The molecule has 0 aliphatic heterocycles. The third-order valence-electron chi connectivity index (χ3n) is 1.01. The van der Waals surface area contributed by atoms with E-state index in [4.69, 9.17) is 6.42 Å². The molecule has 0 saturated carbocycles. The van der Waals surface area contributed by atoms with E-state index in [0.717, 1.165) is 0 Å². The lowest BCUT2D eigenvalue weighted by molar-refractivity contribution is 0.470. The predicted octanol–water partition coefficient (Wildman–Crippen LogP) is 1.80. The second kappa shape index (κ2) is 2.88. The smallest absolute Gasteiger partial charge is 0.175 e. The molecule has 1 aromatic rings. The summed E-state index contributed by atoms with van der Waals surface area (Å²) in [5, 5.41) is 0. The molecule has 1 rings (SSSR count). The van der Waals surface area contributed by atoms with Crippen molar-refractivity contribution >= 4 is 0 Å². The summed E-state index contributed by atoms with van der Waals surface area (Å²) in [6.07, 6.45) is 6.68. The average molecular weight is 136 g/mol. The molecule has 0 amide bonds. The molecule has 0 spiro atoms. The molecule has 0 aromatic heterocycles. The van der Waals surface area contributed by atoms with Gasteiger partial charge in [0.15, 0.2) is 11.6 Å². The zero-order chi connectivity index (χ0) is 7.40. The maximum Gasteiger partial charge on any atom is 0.175 e. The minimum absolute atomic E-state index is 0.0880. The van der Waals surface area contributed by atoms with E-state index in [0.29, 0.717) is 0 Å². The number of benzene rings is 1. The Morgan fingerprint density at radius 1 is 1.40 bits per heavy atom. The van der Waals surface area contributed by atoms with Crippen molar-refractivity contribution in [3.05, 3.63) is 30.1 Å². The molecule has 0 aliphatic carbocycles. The Bertz CT molecular complexity index is 262. The standard InChI is InChI=1S/C8H5FO/c1-2-10-8-6-4-3-5-7(8)9/h1,3-6H. The first-order chi connectivity index (χ1) is 4.84. The fraction of sp³-hybridized carbons (Fsp3) is 0. The van der Waals surface area contributed by atoms with Crippen LogP contribution in [0.3, 0.4) is 0 Å². The van der Waals surface area contributed by atoms with Crippen LogP contribution in [0.5, 0.6) is 5.75 Å². The van der Waals surface area contributed by atoms with Gasteiger partial charge < -0.3 is 4.74 Å². The van der Waals surface area contributed by atoms with E-state index < -0.39 is 5.82 Å². The summed E-state index contributed by atoms with van der Waals surface area (Å²) < 4.78 is 17.0. The van der Waals surface area contributed by atoms with E-state index in [1.807, 2.05) is 6.11 Å². The molecule has 0 fully saturated rings. The van der Waals surface area contributed by atoms with Crippen molar-refractivity contribution in [1.29, 1.82) is 0 Å². The van der Waals surface area contributed by atoms with Gasteiger partial charge in [-0.2, -0.15) is 0 Å². The maximum absolute atomic E-state index is 12.6. The minimum atomic E-state index is -0.444. The van der Waals surface area contributed by atoms with Crippen LogP contribution in [0, 0.1) is 18.3 Å². The van der Waals surface area contributed by atoms with Crippen LogP contribution in [-0.2, 0) is 0 Å². The van der Waals surface area contributed by atoms with Crippen molar-refractivity contribution < 1.29 is 9.13 Å². The SMILES string of the molecule is C#COc1ccccc1F. The van der Waals surface area contributed by atoms with Crippen LogP contribution in [0.25, 0.3) is 0 Å². The fourth-order valence-corrected chi connectivity index (χ4v) is 0.591. The van der Waals surface area contributed by atoms with Crippen LogP contribution in [-0.4, -0.2) is 0 Å².